The van der Waals surface area contributed by atoms with Crippen LogP contribution < -0.4 is 10.1 Å². The molecule has 7 nitrogen and oxygen atoms in total. The van der Waals surface area contributed by atoms with E-state index in [1.54, 1.807) is 38.1 Å². The number of nitrogens with one attached hydrogen (secondary N) is 2. The lowest BCUT2D eigenvalue weighted by molar-refractivity contribution is -0.123. The average Bonchev–Trinajstić information content (AvgIpc) is 2.60. The van der Waals surface area contributed by atoms with Crippen molar-refractivity contribution in [2.45, 2.75) is 31.7 Å². The number of phenols is 1. The van der Waals surface area contributed by atoms with E-state index in [4.69, 9.17) is 0 Å². The first kappa shape index (κ1) is 20.6. The predicted molar refractivity (Wildman–Crippen MR) is 104 cm³/mol. The number of benzene rings is 2. The fraction of sp³-hybridized carbons (Fsp3) is 0.263. The standard InChI is InChI=1S/C19H23N3O4S/c1-13(2)18(22-27(25,26)17-9-7-14(3)8-10-17)19(24)21-20-12-15-5-4-6-16(23)11-15/h4-13,18,22-23H,1-3H3,(H,21,24)/b20-12-/t18-/m0/s1. The Morgan fingerprint density at radius 1 is 1.15 bits per heavy atom. The van der Waals surface area contributed by atoms with Crippen LogP contribution in [0, 0.1) is 12.8 Å². The highest BCUT2D eigenvalue weighted by molar-refractivity contribution is 7.89. The van der Waals surface area contributed by atoms with E-state index in [1.165, 1.54) is 30.5 Å². The van der Waals surface area contributed by atoms with Gasteiger partial charge in [-0.3, -0.25) is 4.79 Å². The number of aromatic hydroxyl groups is 1. The van der Waals surface area contributed by atoms with Crippen LogP contribution in [0.3, 0.4) is 0 Å². The number of phenolic OH excluding ortho intramolecular Hbond substituents is 1. The topological polar surface area (TPSA) is 108 Å². The zero-order valence-electron chi connectivity index (χ0n) is 15.4. The van der Waals surface area contributed by atoms with Crippen LogP contribution in [0.5, 0.6) is 5.75 Å². The van der Waals surface area contributed by atoms with Gasteiger partial charge in [0.2, 0.25) is 10.0 Å². The molecule has 0 fully saturated rings. The van der Waals surface area contributed by atoms with E-state index in [1.807, 2.05) is 6.92 Å². The molecule has 3 N–H and O–H groups in total. The first-order valence-electron chi connectivity index (χ1n) is 8.40. The lowest BCUT2D eigenvalue weighted by atomic mass is 10.1. The van der Waals surface area contributed by atoms with E-state index in [0.29, 0.717) is 5.56 Å². The van der Waals surface area contributed by atoms with Crippen molar-refractivity contribution in [3.63, 3.8) is 0 Å². The monoisotopic (exact) mass is 389 g/mol. The molecule has 2 aromatic carbocycles. The number of carbonyl (C=O) groups excluding carboxylic acids is 1. The third-order valence-electron chi connectivity index (χ3n) is 3.82. The van der Waals surface area contributed by atoms with Crippen LogP contribution >= 0.6 is 0 Å². The van der Waals surface area contributed by atoms with Crippen LogP contribution in [0.4, 0.5) is 0 Å². The van der Waals surface area contributed by atoms with Crippen LogP contribution in [0.1, 0.15) is 25.0 Å². The maximum Gasteiger partial charge on any atom is 0.258 e. The smallest absolute Gasteiger partial charge is 0.258 e. The lowest BCUT2D eigenvalue weighted by Gasteiger charge is -2.20. The summed E-state index contributed by atoms with van der Waals surface area (Å²) in [6.07, 6.45) is 1.36. The summed E-state index contributed by atoms with van der Waals surface area (Å²) in [6.45, 7) is 5.33. The Kier molecular flexibility index (Phi) is 6.70. The number of rotatable bonds is 7. The van der Waals surface area contributed by atoms with Gasteiger partial charge in [-0.25, -0.2) is 13.8 Å². The second-order valence-corrected chi connectivity index (χ2v) is 8.20. The molecule has 144 valence electrons. The first-order chi connectivity index (χ1) is 12.7. The molecule has 0 aliphatic carbocycles. The summed E-state index contributed by atoms with van der Waals surface area (Å²) in [5, 5.41) is 13.2. The molecule has 2 aromatic rings. The van der Waals surface area contributed by atoms with Gasteiger partial charge in [-0.15, -0.1) is 0 Å². The second kappa shape index (κ2) is 8.79. The molecule has 1 amide bonds. The Morgan fingerprint density at radius 3 is 2.41 bits per heavy atom. The number of sulfonamides is 1. The van der Waals surface area contributed by atoms with Gasteiger partial charge < -0.3 is 5.11 Å². The van der Waals surface area contributed by atoms with E-state index in [-0.39, 0.29) is 16.6 Å². The molecule has 0 radical (unpaired) electrons. The van der Waals surface area contributed by atoms with Gasteiger partial charge in [0, 0.05) is 0 Å². The molecule has 27 heavy (non-hydrogen) atoms. The number of aryl methyl sites for hydroxylation is 1. The van der Waals surface area contributed by atoms with Gasteiger partial charge in [-0.2, -0.15) is 9.82 Å². The summed E-state index contributed by atoms with van der Waals surface area (Å²) in [5.41, 5.74) is 3.87. The Balaban J connectivity index is 2.09. The molecule has 0 aliphatic rings. The minimum absolute atomic E-state index is 0.0798. The number of hydrogen-bond acceptors (Lipinski definition) is 5. The Morgan fingerprint density at radius 2 is 1.81 bits per heavy atom. The van der Waals surface area contributed by atoms with Crippen molar-refractivity contribution in [3.05, 3.63) is 59.7 Å². The van der Waals surface area contributed by atoms with Crippen molar-refractivity contribution in [1.29, 1.82) is 0 Å². The summed E-state index contributed by atoms with van der Waals surface area (Å²) in [6, 6.07) is 11.7. The van der Waals surface area contributed by atoms with Crippen LogP contribution in [-0.4, -0.2) is 31.7 Å². The molecule has 0 saturated carbocycles. The van der Waals surface area contributed by atoms with E-state index in [0.717, 1.165) is 5.56 Å². The maximum absolute atomic E-state index is 12.5. The minimum Gasteiger partial charge on any atom is -0.508 e. The predicted octanol–water partition coefficient (Wildman–Crippen LogP) is 2.15. The van der Waals surface area contributed by atoms with Crippen molar-refractivity contribution in [1.82, 2.24) is 10.1 Å². The van der Waals surface area contributed by atoms with Gasteiger partial charge in [-0.1, -0.05) is 43.7 Å². The van der Waals surface area contributed by atoms with Gasteiger partial charge in [-0.05, 0) is 42.7 Å². The van der Waals surface area contributed by atoms with Crippen molar-refractivity contribution in [2.75, 3.05) is 0 Å². The first-order valence-corrected chi connectivity index (χ1v) is 9.88. The molecule has 0 aromatic heterocycles. The SMILES string of the molecule is Cc1ccc(S(=O)(=O)N[C@H](C(=O)N/N=C\c2cccc(O)c2)C(C)C)cc1. The Labute approximate surface area is 159 Å². The lowest BCUT2D eigenvalue weighted by Crippen LogP contribution is -2.48. The molecular weight excluding hydrogens is 366 g/mol. The number of nitrogens with zero attached hydrogens (tertiary/aromatic N) is 1. The molecule has 0 spiro atoms. The molecular formula is C19H23N3O4S. The van der Waals surface area contributed by atoms with Gasteiger partial charge >= 0.3 is 0 Å². The van der Waals surface area contributed by atoms with Crippen molar-refractivity contribution in [3.8, 4) is 5.75 Å². The molecule has 0 bridgehead atoms. The van der Waals surface area contributed by atoms with Crippen LogP contribution in [0.25, 0.3) is 0 Å². The van der Waals surface area contributed by atoms with Gasteiger partial charge in [0.05, 0.1) is 11.1 Å². The number of carbonyl (C=O) groups is 1. The second-order valence-electron chi connectivity index (χ2n) is 6.49. The fourth-order valence-electron chi connectivity index (χ4n) is 2.29. The van der Waals surface area contributed by atoms with E-state index in [9.17, 15) is 18.3 Å². The number of amides is 1. The van der Waals surface area contributed by atoms with Crippen molar-refractivity contribution >= 4 is 22.1 Å². The molecule has 8 heteroatoms. The summed E-state index contributed by atoms with van der Waals surface area (Å²) < 4.78 is 27.5. The third-order valence-corrected chi connectivity index (χ3v) is 5.28. The van der Waals surface area contributed by atoms with Crippen molar-refractivity contribution in [2.24, 2.45) is 11.0 Å². The highest BCUT2D eigenvalue weighted by Crippen LogP contribution is 2.13. The maximum atomic E-state index is 12.5. The summed E-state index contributed by atoms with van der Waals surface area (Å²) in [5.74, 6) is -0.783. The van der Waals surface area contributed by atoms with Gasteiger partial charge in [0.15, 0.2) is 0 Å². The Bertz CT molecular complexity index is 922. The van der Waals surface area contributed by atoms with Crippen LogP contribution in [0.2, 0.25) is 0 Å². The van der Waals surface area contributed by atoms with Gasteiger partial charge in [0.25, 0.3) is 5.91 Å². The van der Waals surface area contributed by atoms with E-state index >= 15 is 0 Å². The van der Waals surface area contributed by atoms with Crippen molar-refractivity contribution < 1.29 is 18.3 Å². The quantitative estimate of drug-likeness (QED) is 0.498. The molecule has 1 atom stereocenters. The summed E-state index contributed by atoms with van der Waals surface area (Å²) >= 11 is 0. The average molecular weight is 389 g/mol. The molecule has 0 unspecified atom stereocenters. The zero-order valence-corrected chi connectivity index (χ0v) is 16.2. The fourth-order valence-corrected chi connectivity index (χ4v) is 3.63. The van der Waals surface area contributed by atoms with E-state index in [2.05, 4.69) is 15.2 Å². The molecule has 2 rings (SSSR count). The highest BCUT2D eigenvalue weighted by Gasteiger charge is 2.28. The zero-order chi connectivity index (χ0) is 20.0. The molecule has 0 heterocycles. The summed E-state index contributed by atoms with van der Waals surface area (Å²) in [7, 11) is -3.84. The Hall–Kier alpha value is -2.71. The van der Waals surface area contributed by atoms with Crippen LogP contribution in [0.15, 0.2) is 58.5 Å². The third kappa shape index (κ3) is 5.90. The normalized spacial score (nSPS) is 13.0. The molecule has 0 saturated heterocycles. The van der Waals surface area contributed by atoms with E-state index < -0.39 is 22.0 Å². The minimum atomic E-state index is -3.84. The summed E-state index contributed by atoms with van der Waals surface area (Å²) in [4.78, 5) is 12.5. The number of hydrazone groups is 1. The van der Waals surface area contributed by atoms with Crippen LogP contribution in [-0.2, 0) is 14.8 Å². The van der Waals surface area contributed by atoms with Gasteiger partial charge in [0.1, 0.15) is 11.8 Å². The number of hydrogen-bond donors (Lipinski definition) is 3. The largest absolute Gasteiger partial charge is 0.508 e. The highest BCUT2D eigenvalue weighted by atomic mass is 32.2. The molecule has 0 aliphatic heterocycles.